The molecule has 0 saturated carbocycles. The molecule has 3 heteroatoms. The second-order valence-electron chi connectivity index (χ2n) is 6.07. The van der Waals surface area contributed by atoms with Crippen molar-refractivity contribution in [2.75, 3.05) is 26.2 Å². The Morgan fingerprint density at radius 3 is 2.57 bits per heavy atom. The van der Waals surface area contributed by atoms with Crippen molar-refractivity contribution in [2.45, 2.75) is 52.1 Å². The van der Waals surface area contributed by atoms with Crippen LogP contribution in [-0.4, -0.2) is 37.2 Å². The van der Waals surface area contributed by atoms with Crippen LogP contribution in [0.4, 0.5) is 0 Å². The highest BCUT2D eigenvalue weighted by Gasteiger charge is 2.17. The molecule has 0 radical (unpaired) electrons. The lowest BCUT2D eigenvalue weighted by molar-refractivity contribution is 0.251. The number of nitrogens with one attached hydrogen (secondary N) is 1. The van der Waals surface area contributed by atoms with E-state index in [1.165, 1.54) is 37.9 Å². The van der Waals surface area contributed by atoms with E-state index in [1.54, 1.807) is 0 Å². The first-order valence-corrected chi connectivity index (χ1v) is 8.46. The van der Waals surface area contributed by atoms with Crippen molar-refractivity contribution in [3.05, 3.63) is 29.8 Å². The van der Waals surface area contributed by atoms with Gasteiger partial charge in [-0.05, 0) is 57.0 Å². The van der Waals surface area contributed by atoms with E-state index < -0.39 is 0 Å². The maximum absolute atomic E-state index is 5.68. The molecule has 2 rings (SSSR count). The standard InChI is InChI=1S/C18H30N2O/c1-3-4-13-21-18-9-7-17(8-10-18)15-19-14-16(2)20-11-5-6-12-20/h7-10,16,19H,3-6,11-15H2,1-2H3. The summed E-state index contributed by atoms with van der Waals surface area (Å²) >= 11 is 0. The van der Waals surface area contributed by atoms with E-state index in [-0.39, 0.29) is 0 Å². The van der Waals surface area contributed by atoms with Crippen molar-refractivity contribution in [1.82, 2.24) is 10.2 Å². The van der Waals surface area contributed by atoms with Crippen molar-refractivity contribution >= 4 is 0 Å². The molecule has 1 atom stereocenters. The highest BCUT2D eigenvalue weighted by Crippen LogP contribution is 2.13. The summed E-state index contributed by atoms with van der Waals surface area (Å²) in [4.78, 5) is 2.58. The zero-order valence-electron chi connectivity index (χ0n) is 13.6. The van der Waals surface area contributed by atoms with Crippen molar-refractivity contribution in [3.63, 3.8) is 0 Å². The zero-order chi connectivity index (χ0) is 14.9. The summed E-state index contributed by atoms with van der Waals surface area (Å²) in [5.41, 5.74) is 1.33. The van der Waals surface area contributed by atoms with E-state index in [0.717, 1.165) is 31.9 Å². The summed E-state index contributed by atoms with van der Waals surface area (Å²) in [6.45, 7) is 9.87. The zero-order valence-corrected chi connectivity index (χ0v) is 13.6. The lowest BCUT2D eigenvalue weighted by Gasteiger charge is -2.24. The lowest BCUT2D eigenvalue weighted by Crippen LogP contribution is -2.38. The minimum Gasteiger partial charge on any atom is -0.494 e. The van der Waals surface area contributed by atoms with E-state index in [1.807, 2.05) is 0 Å². The maximum Gasteiger partial charge on any atom is 0.119 e. The van der Waals surface area contributed by atoms with Gasteiger partial charge >= 0.3 is 0 Å². The van der Waals surface area contributed by atoms with Gasteiger partial charge in [0, 0.05) is 19.1 Å². The quantitative estimate of drug-likeness (QED) is 0.705. The predicted molar refractivity (Wildman–Crippen MR) is 88.8 cm³/mol. The molecule has 1 aliphatic rings. The van der Waals surface area contributed by atoms with Gasteiger partial charge in [-0.1, -0.05) is 25.5 Å². The predicted octanol–water partition coefficient (Wildman–Crippen LogP) is 3.44. The number of unbranched alkanes of at least 4 members (excludes halogenated alkanes) is 1. The van der Waals surface area contributed by atoms with Crippen LogP contribution in [0.25, 0.3) is 0 Å². The molecule has 118 valence electrons. The SMILES string of the molecule is CCCCOc1ccc(CNCC(C)N2CCCC2)cc1. The first kappa shape index (κ1) is 16.3. The van der Waals surface area contributed by atoms with Crippen molar-refractivity contribution in [1.29, 1.82) is 0 Å². The van der Waals surface area contributed by atoms with Gasteiger partial charge in [0.2, 0.25) is 0 Å². The molecule has 0 bridgehead atoms. The Morgan fingerprint density at radius 2 is 1.90 bits per heavy atom. The van der Waals surface area contributed by atoms with E-state index >= 15 is 0 Å². The van der Waals surface area contributed by atoms with Crippen LogP contribution >= 0.6 is 0 Å². The fraction of sp³-hybridized carbons (Fsp3) is 0.667. The largest absolute Gasteiger partial charge is 0.494 e. The van der Waals surface area contributed by atoms with Crippen LogP contribution in [0.5, 0.6) is 5.75 Å². The summed E-state index contributed by atoms with van der Waals surface area (Å²) in [6, 6.07) is 9.13. The number of rotatable bonds is 9. The summed E-state index contributed by atoms with van der Waals surface area (Å²) in [7, 11) is 0. The fourth-order valence-electron chi connectivity index (χ4n) is 2.77. The summed E-state index contributed by atoms with van der Waals surface area (Å²) in [5, 5.41) is 3.57. The van der Waals surface area contributed by atoms with Gasteiger partial charge in [0.05, 0.1) is 6.61 Å². The van der Waals surface area contributed by atoms with Gasteiger partial charge < -0.3 is 10.1 Å². The minimum atomic E-state index is 0.643. The molecule has 0 spiro atoms. The Bertz CT molecular complexity index is 385. The number of likely N-dealkylation sites (tertiary alicyclic amines) is 1. The highest BCUT2D eigenvalue weighted by molar-refractivity contribution is 5.27. The van der Waals surface area contributed by atoms with Crippen molar-refractivity contribution < 1.29 is 4.74 Å². The van der Waals surface area contributed by atoms with Crippen LogP contribution in [0, 0.1) is 0 Å². The van der Waals surface area contributed by atoms with Gasteiger partial charge in [-0.3, -0.25) is 4.90 Å². The first-order chi connectivity index (χ1) is 10.3. The molecule has 0 amide bonds. The van der Waals surface area contributed by atoms with Gasteiger partial charge in [-0.25, -0.2) is 0 Å². The van der Waals surface area contributed by atoms with Gasteiger partial charge in [0.1, 0.15) is 5.75 Å². The molecule has 21 heavy (non-hydrogen) atoms. The maximum atomic E-state index is 5.68. The minimum absolute atomic E-state index is 0.643. The fourth-order valence-corrected chi connectivity index (χ4v) is 2.77. The third-order valence-electron chi connectivity index (χ3n) is 4.22. The first-order valence-electron chi connectivity index (χ1n) is 8.46. The average Bonchev–Trinajstić information content (AvgIpc) is 3.03. The van der Waals surface area contributed by atoms with Crippen LogP contribution in [0.2, 0.25) is 0 Å². The van der Waals surface area contributed by atoms with Gasteiger partial charge in [-0.15, -0.1) is 0 Å². The molecule has 1 aromatic carbocycles. The van der Waals surface area contributed by atoms with Gasteiger partial charge in [-0.2, -0.15) is 0 Å². The van der Waals surface area contributed by atoms with Crippen LogP contribution in [-0.2, 0) is 6.54 Å². The smallest absolute Gasteiger partial charge is 0.119 e. The van der Waals surface area contributed by atoms with Crippen molar-refractivity contribution in [3.8, 4) is 5.75 Å². The molecule has 3 nitrogen and oxygen atoms in total. The Labute approximate surface area is 129 Å². The third kappa shape index (κ3) is 5.68. The van der Waals surface area contributed by atoms with Gasteiger partial charge in [0.15, 0.2) is 0 Å². The molecular weight excluding hydrogens is 260 g/mol. The molecule has 1 N–H and O–H groups in total. The van der Waals surface area contributed by atoms with Crippen LogP contribution in [0.3, 0.4) is 0 Å². The molecule has 0 aromatic heterocycles. The van der Waals surface area contributed by atoms with Crippen LogP contribution in [0.1, 0.15) is 45.1 Å². The third-order valence-corrected chi connectivity index (χ3v) is 4.22. The van der Waals surface area contributed by atoms with E-state index in [9.17, 15) is 0 Å². The number of hydrogen-bond donors (Lipinski definition) is 1. The number of hydrogen-bond acceptors (Lipinski definition) is 3. The second-order valence-corrected chi connectivity index (χ2v) is 6.07. The number of nitrogens with zero attached hydrogens (tertiary/aromatic N) is 1. The topological polar surface area (TPSA) is 24.5 Å². The van der Waals surface area contributed by atoms with Crippen molar-refractivity contribution in [2.24, 2.45) is 0 Å². The Hall–Kier alpha value is -1.06. The van der Waals surface area contributed by atoms with Crippen LogP contribution in [0.15, 0.2) is 24.3 Å². The lowest BCUT2D eigenvalue weighted by atomic mass is 10.2. The molecule has 1 saturated heterocycles. The van der Waals surface area contributed by atoms with Gasteiger partial charge in [0.25, 0.3) is 0 Å². The number of benzene rings is 1. The molecule has 1 fully saturated rings. The highest BCUT2D eigenvalue weighted by atomic mass is 16.5. The number of ether oxygens (including phenoxy) is 1. The Kier molecular flexibility index (Phi) is 7.04. The molecule has 1 aliphatic heterocycles. The Balaban J connectivity index is 1.66. The molecule has 1 heterocycles. The second kappa shape index (κ2) is 9.06. The normalized spacial score (nSPS) is 17.0. The average molecular weight is 290 g/mol. The molecular formula is C18H30N2O. The van der Waals surface area contributed by atoms with Crippen LogP contribution < -0.4 is 10.1 Å². The molecule has 1 unspecified atom stereocenters. The summed E-state index contributed by atoms with van der Waals surface area (Å²) in [6.07, 6.45) is 5.03. The molecule has 1 aromatic rings. The molecule has 0 aliphatic carbocycles. The Morgan fingerprint density at radius 1 is 1.19 bits per heavy atom. The van der Waals surface area contributed by atoms with E-state index in [0.29, 0.717) is 6.04 Å². The summed E-state index contributed by atoms with van der Waals surface area (Å²) < 4.78 is 5.68. The summed E-state index contributed by atoms with van der Waals surface area (Å²) in [5.74, 6) is 0.984. The monoisotopic (exact) mass is 290 g/mol. The van der Waals surface area contributed by atoms with E-state index in [4.69, 9.17) is 4.74 Å². The van der Waals surface area contributed by atoms with E-state index in [2.05, 4.69) is 48.3 Å².